The minimum atomic E-state index is -0.977. The maximum atomic E-state index is 10.8. The SMILES string of the molecule is CCOC(C)(C)C(O)/C(=C/c1ccc([N+](=O)[O-])cc1)n1cncn1. The second kappa shape index (κ2) is 7.33. The molecule has 8 heteroatoms. The van der Waals surface area contributed by atoms with Crippen molar-refractivity contribution >= 4 is 17.5 Å². The zero-order valence-electron chi connectivity index (χ0n) is 13.8. The van der Waals surface area contributed by atoms with Crippen LogP contribution in [-0.4, -0.2) is 43.1 Å². The highest BCUT2D eigenvalue weighted by Gasteiger charge is 2.32. The first kappa shape index (κ1) is 17.8. The topological polar surface area (TPSA) is 103 Å². The molecular weight excluding hydrogens is 312 g/mol. The Hall–Kier alpha value is -2.58. The molecule has 2 aromatic rings. The molecule has 24 heavy (non-hydrogen) atoms. The van der Waals surface area contributed by atoms with Crippen LogP contribution in [0.15, 0.2) is 36.9 Å². The number of non-ortho nitro benzene ring substituents is 1. The molecule has 0 radical (unpaired) electrons. The molecule has 0 aliphatic rings. The van der Waals surface area contributed by atoms with Crippen molar-refractivity contribution in [2.45, 2.75) is 32.5 Å². The Balaban J connectivity index is 2.41. The van der Waals surface area contributed by atoms with Gasteiger partial charge >= 0.3 is 0 Å². The molecule has 0 amide bonds. The first-order valence-corrected chi connectivity index (χ1v) is 7.48. The number of aliphatic hydroxyl groups excluding tert-OH is 1. The molecule has 0 saturated heterocycles. The highest BCUT2D eigenvalue weighted by atomic mass is 16.6. The number of aliphatic hydroxyl groups is 1. The van der Waals surface area contributed by atoms with Crippen molar-refractivity contribution in [1.82, 2.24) is 14.8 Å². The number of ether oxygens (including phenoxy) is 1. The van der Waals surface area contributed by atoms with Gasteiger partial charge in [0.15, 0.2) is 0 Å². The van der Waals surface area contributed by atoms with Crippen LogP contribution in [0.3, 0.4) is 0 Å². The Morgan fingerprint density at radius 2 is 2.12 bits per heavy atom. The van der Waals surface area contributed by atoms with Gasteiger partial charge in [0, 0.05) is 18.7 Å². The zero-order chi connectivity index (χ0) is 17.7. The van der Waals surface area contributed by atoms with E-state index in [0.717, 1.165) is 0 Å². The number of nitro benzene ring substituents is 1. The van der Waals surface area contributed by atoms with Crippen LogP contribution in [0.4, 0.5) is 5.69 Å². The molecule has 0 spiro atoms. The fourth-order valence-electron chi connectivity index (χ4n) is 2.28. The van der Waals surface area contributed by atoms with Gasteiger partial charge in [-0.05, 0) is 44.5 Å². The summed E-state index contributed by atoms with van der Waals surface area (Å²) in [6.07, 6.45) is 3.56. The summed E-state index contributed by atoms with van der Waals surface area (Å²) in [7, 11) is 0. The second-order valence-electron chi connectivity index (χ2n) is 5.70. The summed E-state index contributed by atoms with van der Waals surface area (Å²) in [6, 6.07) is 6.03. The Morgan fingerprint density at radius 1 is 1.46 bits per heavy atom. The molecule has 1 atom stereocenters. The molecule has 0 saturated carbocycles. The predicted octanol–water partition coefficient (Wildman–Crippen LogP) is 2.36. The molecular formula is C16H20N4O4. The summed E-state index contributed by atoms with van der Waals surface area (Å²) in [5.74, 6) is 0. The smallest absolute Gasteiger partial charge is 0.269 e. The molecule has 1 unspecified atom stereocenters. The van der Waals surface area contributed by atoms with Crippen molar-refractivity contribution in [2.24, 2.45) is 0 Å². The van der Waals surface area contributed by atoms with Gasteiger partial charge in [0.2, 0.25) is 0 Å². The summed E-state index contributed by atoms with van der Waals surface area (Å²) < 4.78 is 7.07. The van der Waals surface area contributed by atoms with Gasteiger partial charge in [0.05, 0.1) is 16.2 Å². The lowest BCUT2D eigenvalue weighted by Crippen LogP contribution is -2.41. The van der Waals surface area contributed by atoms with Gasteiger partial charge in [-0.25, -0.2) is 9.67 Å². The van der Waals surface area contributed by atoms with E-state index in [4.69, 9.17) is 4.74 Å². The van der Waals surface area contributed by atoms with Gasteiger partial charge in [0.1, 0.15) is 18.8 Å². The third-order valence-electron chi connectivity index (χ3n) is 3.56. The highest BCUT2D eigenvalue weighted by molar-refractivity contribution is 5.73. The lowest BCUT2D eigenvalue weighted by atomic mass is 9.97. The molecule has 1 N–H and O–H groups in total. The molecule has 1 aromatic heterocycles. The van der Waals surface area contributed by atoms with Crippen molar-refractivity contribution in [2.75, 3.05) is 6.61 Å². The summed E-state index contributed by atoms with van der Waals surface area (Å²) in [6.45, 7) is 5.86. The predicted molar refractivity (Wildman–Crippen MR) is 89.0 cm³/mol. The Kier molecular flexibility index (Phi) is 5.42. The van der Waals surface area contributed by atoms with E-state index in [1.165, 1.54) is 29.5 Å². The van der Waals surface area contributed by atoms with Crippen LogP contribution in [0, 0.1) is 10.1 Å². The third-order valence-corrected chi connectivity index (χ3v) is 3.56. The van der Waals surface area contributed by atoms with Crippen molar-refractivity contribution in [1.29, 1.82) is 0 Å². The van der Waals surface area contributed by atoms with E-state index in [1.54, 1.807) is 32.1 Å². The van der Waals surface area contributed by atoms with Crippen LogP contribution in [0.25, 0.3) is 11.8 Å². The Morgan fingerprint density at radius 3 is 2.62 bits per heavy atom. The number of rotatable bonds is 7. The van der Waals surface area contributed by atoms with E-state index in [2.05, 4.69) is 10.1 Å². The van der Waals surface area contributed by atoms with Crippen molar-refractivity contribution in [3.05, 3.63) is 52.6 Å². The van der Waals surface area contributed by atoms with Gasteiger partial charge in [-0.2, -0.15) is 5.10 Å². The first-order valence-electron chi connectivity index (χ1n) is 7.48. The van der Waals surface area contributed by atoms with E-state index in [0.29, 0.717) is 17.9 Å². The van der Waals surface area contributed by atoms with Crippen molar-refractivity contribution in [3.8, 4) is 0 Å². The van der Waals surface area contributed by atoms with E-state index in [9.17, 15) is 15.2 Å². The number of nitro groups is 1. The minimum absolute atomic E-state index is 0.00431. The number of aromatic nitrogens is 3. The average Bonchev–Trinajstić information content (AvgIpc) is 3.06. The van der Waals surface area contributed by atoms with E-state index >= 15 is 0 Å². The molecule has 128 valence electrons. The monoisotopic (exact) mass is 332 g/mol. The average molecular weight is 332 g/mol. The summed E-state index contributed by atoms with van der Waals surface area (Å²) in [5.41, 5.74) is 0.315. The first-order chi connectivity index (χ1) is 11.3. The number of benzene rings is 1. The molecule has 0 bridgehead atoms. The lowest BCUT2D eigenvalue weighted by molar-refractivity contribution is -0.384. The van der Waals surface area contributed by atoms with Crippen LogP contribution in [0.5, 0.6) is 0 Å². The summed E-state index contributed by atoms with van der Waals surface area (Å²) in [4.78, 5) is 14.2. The lowest BCUT2D eigenvalue weighted by Gasteiger charge is -2.31. The standard InChI is InChI=1S/C16H20N4O4/c1-4-24-16(2,3)15(21)14(19-11-17-10-18-19)9-12-5-7-13(8-6-12)20(22)23/h5-11,15,21H,4H2,1-3H3/b14-9-. The molecule has 0 aliphatic carbocycles. The molecule has 2 rings (SSSR count). The minimum Gasteiger partial charge on any atom is -0.384 e. The number of hydrogen-bond acceptors (Lipinski definition) is 6. The van der Waals surface area contributed by atoms with Crippen LogP contribution in [0.2, 0.25) is 0 Å². The fraction of sp³-hybridized carbons (Fsp3) is 0.375. The summed E-state index contributed by atoms with van der Waals surface area (Å²) >= 11 is 0. The highest BCUT2D eigenvalue weighted by Crippen LogP contribution is 2.26. The van der Waals surface area contributed by atoms with Gasteiger partial charge in [0.25, 0.3) is 5.69 Å². The second-order valence-corrected chi connectivity index (χ2v) is 5.70. The largest absolute Gasteiger partial charge is 0.384 e. The van der Waals surface area contributed by atoms with Crippen molar-refractivity contribution in [3.63, 3.8) is 0 Å². The number of hydrogen-bond donors (Lipinski definition) is 1. The zero-order valence-corrected chi connectivity index (χ0v) is 13.8. The Labute approximate surface area is 139 Å². The van der Waals surface area contributed by atoms with Crippen molar-refractivity contribution < 1.29 is 14.8 Å². The molecule has 0 aliphatic heterocycles. The van der Waals surface area contributed by atoms with Gasteiger partial charge in [-0.3, -0.25) is 10.1 Å². The normalized spacial score (nSPS) is 13.8. The molecule has 1 aromatic carbocycles. The quantitative estimate of drug-likeness (QED) is 0.616. The van der Waals surface area contributed by atoms with Crippen LogP contribution in [0.1, 0.15) is 26.3 Å². The van der Waals surface area contributed by atoms with Gasteiger partial charge in [-0.15, -0.1) is 0 Å². The van der Waals surface area contributed by atoms with E-state index in [-0.39, 0.29) is 5.69 Å². The maximum Gasteiger partial charge on any atom is 0.269 e. The van der Waals surface area contributed by atoms with E-state index in [1.807, 2.05) is 6.92 Å². The van der Waals surface area contributed by atoms with Crippen LogP contribution < -0.4 is 0 Å². The molecule has 8 nitrogen and oxygen atoms in total. The molecule has 1 heterocycles. The van der Waals surface area contributed by atoms with Crippen LogP contribution in [-0.2, 0) is 4.74 Å². The van der Waals surface area contributed by atoms with E-state index < -0.39 is 16.6 Å². The Bertz CT molecular complexity index is 708. The van der Waals surface area contributed by atoms with Crippen LogP contribution >= 0.6 is 0 Å². The maximum absolute atomic E-state index is 10.8. The third kappa shape index (κ3) is 4.03. The summed E-state index contributed by atoms with van der Waals surface area (Å²) in [5, 5.41) is 25.6. The van der Waals surface area contributed by atoms with Gasteiger partial charge < -0.3 is 9.84 Å². The fourth-order valence-corrected chi connectivity index (χ4v) is 2.28. The van der Waals surface area contributed by atoms with Gasteiger partial charge in [-0.1, -0.05) is 0 Å². The molecule has 0 fully saturated rings. The number of nitrogens with zero attached hydrogens (tertiary/aromatic N) is 4.